The van der Waals surface area contributed by atoms with Crippen LogP contribution in [0.4, 0.5) is 4.79 Å². The molecule has 2 atom stereocenters. The molecule has 1 fully saturated rings. The van der Waals surface area contributed by atoms with Gasteiger partial charge in [0.2, 0.25) is 0 Å². The highest BCUT2D eigenvalue weighted by atomic mass is 16.6. The smallest absolute Gasteiger partial charge is 0.407 e. The summed E-state index contributed by atoms with van der Waals surface area (Å²) in [6.07, 6.45) is -0.323. The molecule has 0 spiro atoms. The predicted octanol–water partition coefficient (Wildman–Crippen LogP) is 0.821. The van der Waals surface area contributed by atoms with Crippen LogP contribution in [0, 0.1) is 11.8 Å². The van der Waals surface area contributed by atoms with Crippen molar-refractivity contribution in [2.24, 2.45) is 11.8 Å². The second-order valence-corrected chi connectivity index (χ2v) is 5.66. The van der Waals surface area contributed by atoms with Gasteiger partial charge < -0.3 is 20.5 Å². The Morgan fingerprint density at radius 3 is 2.50 bits per heavy atom. The summed E-state index contributed by atoms with van der Waals surface area (Å²) in [5, 5.41) is 14.6. The Labute approximate surface area is 107 Å². The van der Waals surface area contributed by atoms with E-state index in [0.717, 1.165) is 6.54 Å². The Kier molecular flexibility index (Phi) is 4.95. The second kappa shape index (κ2) is 6.04. The minimum atomic E-state index is -0.800. The molecular weight excluding hydrogens is 236 g/mol. The fourth-order valence-electron chi connectivity index (χ4n) is 2.02. The number of nitrogens with one attached hydrogen (secondary N) is 2. The van der Waals surface area contributed by atoms with Gasteiger partial charge in [0.1, 0.15) is 5.60 Å². The third kappa shape index (κ3) is 5.35. The van der Waals surface area contributed by atoms with Gasteiger partial charge in [0, 0.05) is 13.0 Å². The molecule has 1 aliphatic heterocycles. The van der Waals surface area contributed by atoms with Gasteiger partial charge in [0.15, 0.2) is 0 Å². The van der Waals surface area contributed by atoms with Crippen LogP contribution in [0.2, 0.25) is 0 Å². The molecule has 0 radical (unpaired) electrons. The Hall–Kier alpha value is -1.30. The van der Waals surface area contributed by atoms with Crippen LogP contribution in [0.5, 0.6) is 0 Å². The summed E-state index contributed by atoms with van der Waals surface area (Å²) in [5.41, 5.74) is -0.515. The fourth-order valence-corrected chi connectivity index (χ4v) is 2.02. The molecular formula is C12H22N2O4. The van der Waals surface area contributed by atoms with Gasteiger partial charge in [-0.15, -0.1) is 0 Å². The van der Waals surface area contributed by atoms with Crippen molar-refractivity contribution in [3.8, 4) is 0 Å². The first kappa shape index (κ1) is 14.8. The maximum atomic E-state index is 11.5. The van der Waals surface area contributed by atoms with Crippen molar-refractivity contribution in [2.45, 2.75) is 32.8 Å². The number of alkyl carbamates (subject to hydrolysis) is 1. The van der Waals surface area contributed by atoms with Crippen molar-refractivity contribution < 1.29 is 19.4 Å². The van der Waals surface area contributed by atoms with E-state index in [1.165, 1.54) is 0 Å². The van der Waals surface area contributed by atoms with Gasteiger partial charge in [0.25, 0.3) is 0 Å². The molecule has 0 aromatic rings. The number of carboxylic acids is 1. The van der Waals surface area contributed by atoms with Gasteiger partial charge in [-0.3, -0.25) is 4.79 Å². The lowest BCUT2D eigenvalue weighted by Crippen LogP contribution is -2.37. The quantitative estimate of drug-likeness (QED) is 0.695. The van der Waals surface area contributed by atoms with Crippen LogP contribution in [0.1, 0.15) is 27.2 Å². The predicted molar refractivity (Wildman–Crippen MR) is 66.3 cm³/mol. The Morgan fingerprint density at radius 1 is 1.33 bits per heavy atom. The highest BCUT2D eigenvalue weighted by molar-refractivity contribution is 5.68. The molecule has 0 saturated carbocycles. The normalized spacial score (nSPS) is 23.7. The molecule has 2 unspecified atom stereocenters. The highest BCUT2D eigenvalue weighted by Crippen LogP contribution is 2.19. The molecule has 6 heteroatoms. The van der Waals surface area contributed by atoms with E-state index in [2.05, 4.69) is 10.6 Å². The van der Waals surface area contributed by atoms with Crippen molar-refractivity contribution in [1.82, 2.24) is 10.6 Å². The minimum Gasteiger partial charge on any atom is -0.481 e. The standard InChI is InChI=1S/C12H22N2O4/c1-12(2,3)18-11(17)14-7-9-6-13-5-8(9)4-10(15)16/h8-9,13H,4-7H2,1-3H3,(H,14,17)(H,15,16). The topological polar surface area (TPSA) is 87.7 Å². The number of carbonyl (C=O) groups excluding carboxylic acids is 1. The van der Waals surface area contributed by atoms with Crippen LogP contribution < -0.4 is 10.6 Å². The van der Waals surface area contributed by atoms with E-state index in [4.69, 9.17) is 9.84 Å². The van der Waals surface area contributed by atoms with E-state index >= 15 is 0 Å². The maximum absolute atomic E-state index is 11.5. The summed E-state index contributed by atoms with van der Waals surface area (Å²) in [7, 11) is 0. The fraction of sp³-hybridized carbons (Fsp3) is 0.833. The molecule has 6 nitrogen and oxygen atoms in total. The second-order valence-electron chi connectivity index (χ2n) is 5.66. The van der Waals surface area contributed by atoms with Crippen LogP contribution in [-0.2, 0) is 9.53 Å². The molecule has 1 rings (SSSR count). The lowest BCUT2D eigenvalue weighted by atomic mass is 9.93. The zero-order valence-electron chi connectivity index (χ0n) is 11.2. The lowest BCUT2D eigenvalue weighted by molar-refractivity contribution is -0.138. The van der Waals surface area contributed by atoms with E-state index in [-0.39, 0.29) is 18.3 Å². The monoisotopic (exact) mass is 258 g/mol. The van der Waals surface area contributed by atoms with E-state index in [1.54, 1.807) is 20.8 Å². The molecule has 1 aliphatic rings. The van der Waals surface area contributed by atoms with Crippen LogP contribution in [0.15, 0.2) is 0 Å². The number of carbonyl (C=O) groups is 2. The third-order valence-electron chi connectivity index (χ3n) is 2.82. The minimum absolute atomic E-state index is 0.0671. The van der Waals surface area contributed by atoms with Crippen LogP contribution in [0.25, 0.3) is 0 Å². The number of aliphatic carboxylic acids is 1. The van der Waals surface area contributed by atoms with Crippen LogP contribution in [-0.4, -0.2) is 42.4 Å². The molecule has 1 saturated heterocycles. The molecule has 104 valence electrons. The van der Waals surface area contributed by atoms with Gasteiger partial charge >= 0.3 is 12.1 Å². The first-order valence-corrected chi connectivity index (χ1v) is 6.17. The summed E-state index contributed by atoms with van der Waals surface area (Å²) in [6, 6.07) is 0. The molecule has 0 aromatic heterocycles. The molecule has 1 heterocycles. The lowest BCUT2D eigenvalue weighted by Gasteiger charge is -2.22. The molecule has 1 amide bonds. The van der Waals surface area contributed by atoms with Crippen molar-refractivity contribution in [3.63, 3.8) is 0 Å². The van der Waals surface area contributed by atoms with Gasteiger partial charge in [-0.2, -0.15) is 0 Å². The largest absolute Gasteiger partial charge is 0.481 e. The van der Waals surface area contributed by atoms with Crippen molar-refractivity contribution in [3.05, 3.63) is 0 Å². The van der Waals surface area contributed by atoms with E-state index in [0.29, 0.717) is 13.1 Å². The molecule has 0 aromatic carbocycles. The summed E-state index contributed by atoms with van der Waals surface area (Å²) in [6.45, 7) is 7.27. The number of ether oxygens (including phenoxy) is 1. The summed E-state index contributed by atoms with van der Waals surface area (Å²) < 4.78 is 5.13. The number of amides is 1. The summed E-state index contributed by atoms with van der Waals surface area (Å²) >= 11 is 0. The van der Waals surface area contributed by atoms with Crippen LogP contribution in [0.3, 0.4) is 0 Å². The Bertz CT molecular complexity index is 312. The molecule has 3 N–H and O–H groups in total. The number of hydrogen-bond donors (Lipinski definition) is 3. The molecule has 0 aliphatic carbocycles. The number of carboxylic acid groups (broad SMARTS) is 1. The maximum Gasteiger partial charge on any atom is 0.407 e. The first-order chi connectivity index (χ1) is 8.28. The number of rotatable bonds is 4. The van der Waals surface area contributed by atoms with Crippen molar-refractivity contribution >= 4 is 12.1 Å². The van der Waals surface area contributed by atoms with Crippen LogP contribution >= 0.6 is 0 Å². The molecule has 0 bridgehead atoms. The molecule has 18 heavy (non-hydrogen) atoms. The van der Waals surface area contributed by atoms with Gasteiger partial charge in [-0.25, -0.2) is 4.79 Å². The van der Waals surface area contributed by atoms with Crippen molar-refractivity contribution in [1.29, 1.82) is 0 Å². The average Bonchev–Trinajstić information content (AvgIpc) is 2.58. The average molecular weight is 258 g/mol. The van der Waals surface area contributed by atoms with Gasteiger partial charge in [0.05, 0.1) is 0 Å². The Balaban J connectivity index is 2.34. The van der Waals surface area contributed by atoms with E-state index in [1.807, 2.05) is 0 Å². The van der Waals surface area contributed by atoms with Gasteiger partial charge in [-0.05, 0) is 45.7 Å². The summed E-state index contributed by atoms with van der Waals surface area (Å²) in [5.74, 6) is -0.586. The van der Waals surface area contributed by atoms with E-state index < -0.39 is 17.7 Å². The zero-order chi connectivity index (χ0) is 13.8. The first-order valence-electron chi connectivity index (χ1n) is 6.17. The summed E-state index contributed by atoms with van der Waals surface area (Å²) in [4.78, 5) is 22.2. The SMILES string of the molecule is CC(C)(C)OC(=O)NCC1CNCC1CC(=O)O. The Morgan fingerprint density at radius 2 is 1.94 bits per heavy atom. The van der Waals surface area contributed by atoms with E-state index in [9.17, 15) is 9.59 Å². The third-order valence-corrected chi connectivity index (χ3v) is 2.82. The van der Waals surface area contributed by atoms with Crippen molar-refractivity contribution in [2.75, 3.05) is 19.6 Å². The van der Waals surface area contributed by atoms with Gasteiger partial charge in [-0.1, -0.05) is 0 Å². The highest BCUT2D eigenvalue weighted by Gasteiger charge is 2.29. The zero-order valence-corrected chi connectivity index (χ0v) is 11.2. The number of hydrogen-bond acceptors (Lipinski definition) is 4.